The Morgan fingerprint density at radius 1 is 1.17 bits per heavy atom. The van der Waals surface area contributed by atoms with Gasteiger partial charge in [-0.05, 0) is 25.0 Å². The molecule has 2 heterocycles. The molecule has 1 saturated carbocycles. The number of nitrogens with zero attached hydrogens (tertiary/aromatic N) is 4. The molecule has 0 amide bonds. The van der Waals surface area contributed by atoms with Crippen LogP contribution in [0.4, 0.5) is 5.69 Å². The Hall–Kier alpha value is -1.77. The second-order valence-electron chi connectivity index (χ2n) is 7.95. The second kappa shape index (κ2) is 11.0. The minimum atomic E-state index is 0.516. The summed E-state index contributed by atoms with van der Waals surface area (Å²) in [5.74, 6) is 2.92. The Balaban J connectivity index is 1.42. The number of rotatable bonds is 9. The van der Waals surface area contributed by atoms with Crippen LogP contribution in [0.2, 0.25) is 0 Å². The molecule has 1 saturated heterocycles. The summed E-state index contributed by atoms with van der Waals surface area (Å²) < 4.78 is 13.2. The third kappa shape index (κ3) is 5.68. The Bertz CT molecular complexity index is 788. The number of nitrogens with one attached hydrogen (secondary N) is 1. The van der Waals surface area contributed by atoms with Crippen molar-refractivity contribution in [1.82, 2.24) is 19.7 Å². The van der Waals surface area contributed by atoms with Gasteiger partial charge < -0.3 is 19.4 Å². The van der Waals surface area contributed by atoms with E-state index in [1.807, 2.05) is 30.0 Å². The van der Waals surface area contributed by atoms with Gasteiger partial charge in [0.15, 0.2) is 11.0 Å². The second-order valence-corrected chi connectivity index (χ2v) is 9.01. The van der Waals surface area contributed by atoms with Gasteiger partial charge in [-0.15, -0.1) is 10.2 Å². The number of hydrogen-bond donors (Lipinski definition) is 1. The largest absolute Gasteiger partial charge is 0.497 e. The first-order valence-electron chi connectivity index (χ1n) is 11.1. The Kier molecular flexibility index (Phi) is 7.88. The van der Waals surface area contributed by atoms with E-state index in [0.717, 1.165) is 61.0 Å². The number of thioether (sulfide) groups is 1. The van der Waals surface area contributed by atoms with E-state index in [2.05, 4.69) is 31.0 Å². The van der Waals surface area contributed by atoms with Crippen LogP contribution in [0.25, 0.3) is 0 Å². The van der Waals surface area contributed by atoms with Crippen LogP contribution in [0.5, 0.6) is 5.75 Å². The molecule has 2 aromatic rings. The van der Waals surface area contributed by atoms with Crippen molar-refractivity contribution < 1.29 is 9.47 Å². The highest BCUT2D eigenvalue weighted by Gasteiger charge is 2.23. The van der Waals surface area contributed by atoms with Crippen LogP contribution in [-0.2, 0) is 11.3 Å². The monoisotopic (exact) mass is 431 g/mol. The molecular weight excluding hydrogens is 398 g/mol. The van der Waals surface area contributed by atoms with Gasteiger partial charge in [0.1, 0.15) is 5.75 Å². The third-order valence-corrected chi connectivity index (χ3v) is 6.86. The van der Waals surface area contributed by atoms with Crippen molar-refractivity contribution >= 4 is 17.4 Å². The van der Waals surface area contributed by atoms with E-state index in [1.165, 1.54) is 32.1 Å². The molecule has 1 aliphatic carbocycles. The van der Waals surface area contributed by atoms with Crippen molar-refractivity contribution in [3.63, 3.8) is 0 Å². The van der Waals surface area contributed by atoms with E-state index >= 15 is 0 Å². The molecule has 7 nitrogen and oxygen atoms in total. The van der Waals surface area contributed by atoms with Crippen LogP contribution < -0.4 is 10.1 Å². The van der Waals surface area contributed by atoms with Crippen molar-refractivity contribution in [3.8, 4) is 5.75 Å². The third-order valence-electron chi connectivity index (χ3n) is 5.94. The Morgan fingerprint density at radius 2 is 2.00 bits per heavy atom. The van der Waals surface area contributed by atoms with Crippen molar-refractivity contribution in [1.29, 1.82) is 0 Å². The normalized spacial score (nSPS) is 18.4. The summed E-state index contributed by atoms with van der Waals surface area (Å²) in [6, 6.07) is 8.54. The highest BCUT2D eigenvalue weighted by atomic mass is 32.2. The predicted octanol–water partition coefficient (Wildman–Crippen LogP) is 3.83. The molecule has 0 unspecified atom stereocenters. The molecule has 2 aliphatic rings. The predicted molar refractivity (Wildman–Crippen MR) is 120 cm³/mol. The summed E-state index contributed by atoms with van der Waals surface area (Å²) in [5, 5.41) is 13.7. The lowest BCUT2D eigenvalue weighted by Gasteiger charge is -2.27. The number of morpholine rings is 1. The van der Waals surface area contributed by atoms with Crippen LogP contribution in [0.15, 0.2) is 29.4 Å². The smallest absolute Gasteiger partial charge is 0.191 e. The highest BCUT2D eigenvalue weighted by molar-refractivity contribution is 7.99. The molecule has 0 spiro atoms. The van der Waals surface area contributed by atoms with Crippen LogP contribution in [0.3, 0.4) is 0 Å². The molecule has 8 heteroatoms. The first-order valence-corrected chi connectivity index (χ1v) is 12.1. The number of methoxy groups -OCH3 is 1. The molecule has 0 atom stereocenters. The summed E-state index contributed by atoms with van der Waals surface area (Å²) in [6.45, 7) is 5.51. The average Bonchev–Trinajstić information content (AvgIpc) is 3.22. The fourth-order valence-electron chi connectivity index (χ4n) is 4.24. The van der Waals surface area contributed by atoms with Gasteiger partial charge in [-0.2, -0.15) is 0 Å². The molecule has 164 valence electrons. The first kappa shape index (κ1) is 21.5. The van der Waals surface area contributed by atoms with Crippen molar-refractivity contribution in [3.05, 3.63) is 30.1 Å². The fourth-order valence-corrected chi connectivity index (χ4v) is 5.26. The van der Waals surface area contributed by atoms with Crippen LogP contribution in [0, 0.1) is 0 Å². The van der Waals surface area contributed by atoms with E-state index in [0.29, 0.717) is 12.6 Å². The summed E-state index contributed by atoms with van der Waals surface area (Å²) in [4.78, 5) is 2.48. The zero-order valence-corrected chi connectivity index (χ0v) is 18.7. The average molecular weight is 432 g/mol. The van der Waals surface area contributed by atoms with Crippen LogP contribution >= 0.6 is 11.8 Å². The number of hydrogen-bond acceptors (Lipinski definition) is 7. The minimum Gasteiger partial charge on any atom is -0.497 e. The van der Waals surface area contributed by atoms with Gasteiger partial charge in [0, 0.05) is 43.2 Å². The molecule has 1 aromatic heterocycles. The molecule has 30 heavy (non-hydrogen) atoms. The molecule has 0 radical (unpaired) electrons. The lowest BCUT2D eigenvalue weighted by Crippen LogP contribution is -2.37. The number of benzene rings is 1. The maximum atomic E-state index is 5.45. The van der Waals surface area contributed by atoms with E-state index < -0.39 is 0 Å². The van der Waals surface area contributed by atoms with E-state index in [-0.39, 0.29) is 0 Å². The molecule has 2 fully saturated rings. The lowest BCUT2D eigenvalue weighted by atomic mass is 9.95. The van der Waals surface area contributed by atoms with E-state index in [9.17, 15) is 0 Å². The topological polar surface area (TPSA) is 64.4 Å². The molecular formula is C22H33N5O2S. The van der Waals surface area contributed by atoms with Crippen molar-refractivity contribution in [2.75, 3.05) is 51.0 Å². The quantitative estimate of drug-likeness (QED) is 0.605. The lowest BCUT2D eigenvalue weighted by molar-refractivity contribution is 0.0410. The Morgan fingerprint density at radius 3 is 2.80 bits per heavy atom. The molecule has 1 aromatic carbocycles. The fraction of sp³-hybridized carbons (Fsp3) is 0.636. The van der Waals surface area contributed by atoms with Gasteiger partial charge in [0.05, 0.1) is 26.9 Å². The van der Waals surface area contributed by atoms with Crippen LogP contribution in [-0.4, -0.2) is 65.4 Å². The van der Waals surface area contributed by atoms with Gasteiger partial charge >= 0.3 is 0 Å². The van der Waals surface area contributed by atoms with E-state index in [4.69, 9.17) is 9.47 Å². The number of anilines is 1. The Labute approximate surface area is 183 Å². The summed E-state index contributed by atoms with van der Waals surface area (Å²) >= 11 is 1.84. The van der Waals surface area contributed by atoms with Gasteiger partial charge in [-0.1, -0.05) is 37.1 Å². The van der Waals surface area contributed by atoms with E-state index in [1.54, 1.807) is 7.11 Å². The summed E-state index contributed by atoms with van der Waals surface area (Å²) in [7, 11) is 1.69. The van der Waals surface area contributed by atoms with Gasteiger partial charge in [-0.3, -0.25) is 4.90 Å². The SMILES string of the molecule is COc1cccc(NCc2nnc(SCCN3CCOCC3)n2C2CCCCC2)c1. The summed E-state index contributed by atoms with van der Waals surface area (Å²) in [6.07, 6.45) is 6.38. The molecule has 0 bridgehead atoms. The highest BCUT2D eigenvalue weighted by Crippen LogP contribution is 2.33. The van der Waals surface area contributed by atoms with Crippen molar-refractivity contribution in [2.45, 2.75) is 49.8 Å². The molecule has 1 N–H and O–H groups in total. The van der Waals surface area contributed by atoms with Gasteiger partial charge in [0.25, 0.3) is 0 Å². The summed E-state index contributed by atoms with van der Waals surface area (Å²) in [5.41, 5.74) is 1.04. The maximum Gasteiger partial charge on any atom is 0.191 e. The standard InChI is InChI=1S/C22H33N5O2S/c1-28-20-9-5-6-18(16-20)23-17-21-24-25-22(27(21)19-7-3-2-4-8-19)30-15-12-26-10-13-29-14-11-26/h5-6,9,16,19,23H,2-4,7-8,10-15,17H2,1H3. The first-order chi connectivity index (χ1) is 14.8. The number of ether oxygens (including phenoxy) is 2. The maximum absolute atomic E-state index is 5.45. The molecule has 1 aliphatic heterocycles. The van der Waals surface area contributed by atoms with Gasteiger partial charge in [-0.25, -0.2) is 0 Å². The zero-order chi connectivity index (χ0) is 20.6. The van der Waals surface area contributed by atoms with Crippen LogP contribution in [0.1, 0.15) is 44.0 Å². The molecule has 4 rings (SSSR count). The number of aromatic nitrogens is 3. The zero-order valence-electron chi connectivity index (χ0n) is 17.9. The van der Waals surface area contributed by atoms with Crippen molar-refractivity contribution in [2.24, 2.45) is 0 Å². The van der Waals surface area contributed by atoms with Gasteiger partial charge in [0.2, 0.25) is 0 Å². The minimum absolute atomic E-state index is 0.516.